The molecule has 0 aromatic heterocycles. The summed E-state index contributed by atoms with van der Waals surface area (Å²) in [5.41, 5.74) is -2.72. The van der Waals surface area contributed by atoms with Crippen LogP contribution in [0.15, 0.2) is 95.9 Å². The van der Waals surface area contributed by atoms with E-state index in [9.17, 15) is 35.9 Å². The third-order valence-electron chi connectivity index (χ3n) is 6.13. The van der Waals surface area contributed by atoms with Gasteiger partial charge in [-0.2, -0.15) is 13.2 Å². The molecule has 204 valence electrons. The Morgan fingerprint density at radius 3 is 2.31 bits per heavy atom. The minimum Gasteiger partial charge on any atom is -0.506 e. The minimum atomic E-state index is -5.09. The van der Waals surface area contributed by atoms with Gasteiger partial charge in [0.05, 0.1) is 10.6 Å². The van der Waals surface area contributed by atoms with E-state index in [1.165, 1.54) is 12.2 Å². The lowest BCUT2D eigenvalue weighted by Gasteiger charge is -2.38. The zero-order chi connectivity index (χ0) is 28.4. The van der Waals surface area contributed by atoms with Crippen LogP contribution in [0.25, 0.3) is 5.57 Å². The second-order valence-corrected chi connectivity index (χ2v) is 10.3. The number of benzene rings is 3. The van der Waals surface area contributed by atoms with Gasteiger partial charge in [-0.3, -0.25) is 9.52 Å². The Bertz CT molecular complexity index is 1540. The van der Waals surface area contributed by atoms with Gasteiger partial charge in [0, 0.05) is 12.8 Å². The van der Waals surface area contributed by atoms with Crippen LogP contribution in [0.3, 0.4) is 0 Å². The van der Waals surface area contributed by atoms with E-state index in [0.29, 0.717) is 11.1 Å². The first-order chi connectivity index (χ1) is 18.4. The van der Waals surface area contributed by atoms with Crippen LogP contribution in [0, 0.1) is 11.2 Å². The largest absolute Gasteiger partial charge is 0.506 e. The molecule has 2 atom stereocenters. The fraction of sp³-hybridized carbons (Fsp3) is 0.148. The van der Waals surface area contributed by atoms with Crippen molar-refractivity contribution in [2.45, 2.75) is 17.2 Å². The molecule has 1 aliphatic carbocycles. The second-order valence-electron chi connectivity index (χ2n) is 8.59. The molecule has 0 heterocycles. The highest BCUT2D eigenvalue weighted by Crippen LogP contribution is 2.48. The number of rotatable bonds is 7. The molecule has 4 rings (SSSR count). The highest BCUT2D eigenvalue weighted by atomic mass is 32.2. The van der Waals surface area contributed by atoms with Crippen LogP contribution < -0.4 is 10.0 Å². The van der Waals surface area contributed by atoms with Crippen LogP contribution in [0.4, 0.5) is 28.9 Å². The van der Waals surface area contributed by atoms with Crippen LogP contribution in [0.1, 0.15) is 5.56 Å². The zero-order valence-corrected chi connectivity index (χ0v) is 21.1. The normalized spacial score (nSPS) is 19.3. The van der Waals surface area contributed by atoms with E-state index in [1.54, 1.807) is 30.3 Å². The fourth-order valence-corrected chi connectivity index (χ4v) is 5.15. The number of nitrogens with one attached hydrogen (secondary N) is 2. The van der Waals surface area contributed by atoms with Gasteiger partial charge in [0.1, 0.15) is 17.7 Å². The Labute approximate surface area is 221 Å². The van der Waals surface area contributed by atoms with E-state index in [4.69, 9.17) is 4.74 Å². The third-order valence-corrected chi connectivity index (χ3v) is 7.52. The lowest BCUT2D eigenvalue weighted by molar-refractivity contribution is -0.225. The summed E-state index contributed by atoms with van der Waals surface area (Å²) in [6, 6.07) is 15.5. The molecule has 0 spiro atoms. The maximum atomic E-state index is 14.5. The number of carbonyl (C=O) groups excluding carboxylic acids is 1. The first-order valence-corrected chi connectivity index (χ1v) is 12.8. The van der Waals surface area contributed by atoms with Gasteiger partial charge in [0.15, 0.2) is 5.41 Å². The predicted octanol–water partition coefficient (Wildman–Crippen LogP) is 5.49. The van der Waals surface area contributed by atoms with E-state index in [0.717, 1.165) is 55.7 Å². The number of anilines is 2. The van der Waals surface area contributed by atoms with Crippen molar-refractivity contribution in [3.8, 4) is 5.75 Å². The van der Waals surface area contributed by atoms with Crippen LogP contribution >= 0.6 is 0 Å². The van der Waals surface area contributed by atoms with Crippen LogP contribution in [-0.4, -0.2) is 38.8 Å². The number of hydrogen-bond acceptors (Lipinski definition) is 5. The minimum absolute atomic E-state index is 0.237. The number of alkyl halides is 3. The monoisotopic (exact) mass is 562 g/mol. The van der Waals surface area contributed by atoms with Crippen LogP contribution in [0.5, 0.6) is 5.75 Å². The molecule has 0 saturated heterocycles. The Morgan fingerprint density at radius 1 is 1.03 bits per heavy atom. The van der Waals surface area contributed by atoms with Crippen molar-refractivity contribution in [1.29, 1.82) is 0 Å². The van der Waals surface area contributed by atoms with Gasteiger partial charge >= 0.3 is 6.18 Å². The van der Waals surface area contributed by atoms with Crippen molar-refractivity contribution >= 4 is 32.9 Å². The molecule has 1 amide bonds. The summed E-state index contributed by atoms with van der Waals surface area (Å²) in [7, 11) is -3.25. The smallest absolute Gasteiger partial charge is 0.409 e. The average Bonchev–Trinajstić information content (AvgIpc) is 2.90. The van der Waals surface area contributed by atoms with E-state index in [2.05, 4.69) is 10.0 Å². The number of ether oxygens (including phenoxy) is 1. The summed E-state index contributed by atoms with van der Waals surface area (Å²) in [4.78, 5) is 12.9. The first-order valence-electron chi connectivity index (χ1n) is 11.4. The molecule has 0 saturated carbocycles. The highest BCUT2D eigenvalue weighted by molar-refractivity contribution is 7.92. The Morgan fingerprint density at radius 2 is 1.69 bits per heavy atom. The molecular formula is C27H22F4N2O5S. The van der Waals surface area contributed by atoms with Gasteiger partial charge in [-0.25, -0.2) is 12.8 Å². The number of methoxy groups -OCH3 is 1. The third kappa shape index (κ3) is 5.52. The predicted molar refractivity (Wildman–Crippen MR) is 137 cm³/mol. The molecule has 0 bridgehead atoms. The molecule has 3 N–H and O–H groups in total. The van der Waals surface area contributed by atoms with Gasteiger partial charge in [-0.05, 0) is 59.7 Å². The Balaban J connectivity index is 1.65. The van der Waals surface area contributed by atoms with Crippen molar-refractivity contribution in [2.24, 2.45) is 5.41 Å². The quantitative estimate of drug-likeness (QED) is 0.201. The number of carbonyl (C=O) groups is 1. The number of amides is 1. The molecule has 39 heavy (non-hydrogen) atoms. The number of aromatic hydroxyl groups is 1. The summed E-state index contributed by atoms with van der Waals surface area (Å²) in [6.07, 6.45) is -3.68. The molecule has 7 nitrogen and oxygen atoms in total. The summed E-state index contributed by atoms with van der Waals surface area (Å²) >= 11 is 0. The average molecular weight is 563 g/mol. The maximum Gasteiger partial charge on any atom is 0.409 e. The van der Waals surface area contributed by atoms with Gasteiger partial charge in [0.2, 0.25) is 5.91 Å². The lowest BCUT2D eigenvalue weighted by atomic mass is 9.75. The number of halogens is 4. The van der Waals surface area contributed by atoms with E-state index >= 15 is 0 Å². The molecule has 0 fully saturated rings. The van der Waals surface area contributed by atoms with E-state index in [-0.39, 0.29) is 10.6 Å². The number of hydrogen-bond donors (Lipinski definition) is 3. The van der Waals surface area contributed by atoms with Crippen LogP contribution in [0.2, 0.25) is 0 Å². The highest BCUT2D eigenvalue weighted by Gasteiger charge is 2.64. The van der Waals surface area contributed by atoms with Crippen molar-refractivity contribution in [1.82, 2.24) is 0 Å². The van der Waals surface area contributed by atoms with Gasteiger partial charge in [0.25, 0.3) is 10.0 Å². The van der Waals surface area contributed by atoms with Gasteiger partial charge in [-0.1, -0.05) is 42.5 Å². The van der Waals surface area contributed by atoms with E-state index in [1.807, 2.05) is 0 Å². The number of sulfonamides is 1. The molecule has 3 aromatic carbocycles. The molecule has 12 heteroatoms. The van der Waals surface area contributed by atoms with Crippen molar-refractivity contribution < 1.29 is 40.6 Å². The summed E-state index contributed by atoms with van der Waals surface area (Å²) < 4.78 is 89.2. The van der Waals surface area contributed by atoms with Crippen LogP contribution in [-0.2, 0) is 19.6 Å². The number of allylic oxidation sites excluding steroid dienone is 2. The topological polar surface area (TPSA) is 105 Å². The standard InChI is InChI=1S/C27H22F4N2O5S/c1-38-24-15-18(17-5-3-2-4-6-17)13-14-26(24,27(29,30)31)25(35)32-20-9-12-23(34)22(16-20)33-39(36,37)21-10-7-19(28)8-11-21/h2-16,24,33-34H,1H3,(H,32,35). The lowest BCUT2D eigenvalue weighted by Crippen LogP contribution is -2.55. The molecule has 3 aromatic rings. The second kappa shape index (κ2) is 10.5. The zero-order valence-electron chi connectivity index (χ0n) is 20.2. The molecule has 1 aliphatic rings. The Hall–Kier alpha value is -4.16. The van der Waals surface area contributed by atoms with Crippen molar-refractivity contribution in [3.05, 3.63) is 102 Å². The maximum absolute atomic E-state index is 14.5. The SMILES string of the molecule is COC1C=C(c2ccccc2)C=CC1(C(=O)Nc1ccc(O)c(NS(=O)(=O)c2ccc(F)cc2)c1)C(F)(F)F. The molecule has 2 unspecified atom stereocenters. The fourth-order valence-electron chi connectivity index (χ4n) is 4.08. The summed E-state index contributed by atoms with van der Waals surface area (Å²) in [5, 5.41) is 12.3. The van der Waals surface area contributed by atoms with Crippen molar-refractivity contribution in [3.63, 3.8) is 0 Å². The summed E-state index contributed by atoms with van der Waals surface area (Å²) in [6.45, 7) is 0. The number of phenolic OH excluding ortho intramolecular Hbond substituents is 1. The van der Waals surface area contributed by atoms with Gasteiger partial charge in [-0.15, -0.1) is 0 Å². The first kappa shape index (κ1) is 27.9. The van der Waals surface area contributed by atoms with E-state index < -0.39 is 50.9 Å². The number of phenols is 1. The molecular weight excluding hydrogens is 540 g/mol. The Kier molecular flexibility index (Phi) is 7.53. The summed E-state index contributed by atoms with van der Waals surface area (Å²) in [5.74, 6) is -2.72. The van der Waals surface area contributed by atoms with Crippen molar-refractivity contribution in [2.75, 3.05) is 17.1 Å². The molecule has 0 radical (unpaired) electrons. The van der Waals surface area contributed by atoms with Gasteiger partial charge < -0.3 is 15.2 Å². The molecule has 0 aliphatic heterocycles.